The lowest BCUT2D eigenvalue weighted by Gasteiger charge is -2.40. The first-order valence-corrected chi connectivity index (χ1v) is 19.6. The molecule has 1 aromatic heterocycles. The number of hydrogen-bond donors (Lipinski definition) is 0. The second-order valence-electron chi connectivity index (χ2n) is 14.7. The average molecular weight is 743 g/mol. The van der Waals surface area contributed by atoms with Gasteiger partial charge in [0, 0.05) is 45.9 Å². The normalized spacial score (nSPS) is 13.0. The fraction of sp³-hybridized carbons (Fsp3) is 0. The first kappa shape index (κ1) is 32.3. The van der Waals surface area contributed by atoms with Crippen molar-refractivity contribution in [2.24, 2.45) is 0 Å². The summed E-state index contributed by atoms with van der Waals surface area (Å²) in [5.41, 5.74) is 15.0. The number of para-hydroxylation sites is 10. The van der Waals surface area contributed by atoms with Gasteiger partial charge in [-0.05, 0) is 108 Å². The Morgan fingerprint density at radius 1 is 0.241 bits per heavy atom. The van der Waals surface area contributed by atoms with Crippen LogP contribution in [0.5, 0.6) is 0 Å². The third kappa shape index (κ3) is 4.79. The van der Waals surface area contributed by atoms with Crippen molar-refractivity contribution in [3.63, 3.8) is 0 Å². The van der Waals surface area contributed by atoms with Gasteiger partial charge in [-0.15, -0.1) is 0 Å². The topological polar surface area (TPSA) is 38.7 Å². The van der Waals surface area contributed by atoms with E-state index in [0.717, 1.165) is 101 Å². The van der Waals surface area contributed by atoms with Gasteiger partial charge in [0.2, 0.25) is 0 Å². The van der Waals surface area contributed by atoms with E-state index < -0.39 is 0 Å². The van der Waals surface area contributed by atoms with Crippen LogP contribution >= 0.6 is 0 Å². The number of nitrogens with zero attached hydrogens (tertiary/aromatic N) is 6. The minimum atomic E-state index is 0.878. The van der Waals surface area contributed by atoms with Crippen LogP contribution in [0.2, 0.25) is 0 Å². The van der Waals surface area contributed by atoms with Crippen molar-refractivity contribution in [2.75, 3.05) is 19.6 Å². The second kappa shape index (κ2) is 12.8. The first-order valence-electron chi connectivity index (χ1n) is 19.6. The molecule has 0 amide bonds. The largest absolute Gasteiger partial charge is 0.306 e. The first-order chi connectivity index (χ1) is 28.8. The lowest BCUT2D eigenvalue weighted by atomic mass is 9.97. The molecule has 0 spiro atoms. The summed E-state index contributed by atoms with van der Waals surface area (Å²) in [7, 11) is 0. The van der Waals surface area contributed by atoms with Gasteiger partial charge in [0.05, 0.1) is 56.5 Å². The number of benzene rings is 9. The zero-order valence-electron chi connectivity index (χ0n) is 31.3. The fourth-order valence-corrected chi connectivity index (χ4v) is 9.09. The highest BCUT2D eigenvalue weighted by atomic mass is 15.3. The van der Waals surface area contributed by atoms with Crippen LogP contribution in [0.15, 0.2) is 207 Å². The van der Waals surface area contributed by atoms with E-state index in [1.54, 1.807) is 0 Å². The number of hydrogen-bond acceptors (Lipinski definition) is 6. The Labute approximate surface area is 335 Å². The molecule has 6 heteroatoms. The molecular weight excluding hydrogens is 709 g/mol. The van der Waals surface area contributed by atoms with E-state index in [0.29, 0.717) is 0 Å². The molecule has 0 saturated carbocycles. The van der Waals surface area contributed by atoms with Crippen LogP contribution in [-0.4, -0.2) is 9.97 Å². The molecule has 0 unspecified atom stereocenters. The van der Waals surface area contributed by atoms with Crippen molar-refractivity contribution >= 4 is 101 Å². The van der Waals surface area contributed by atoms with Crippen molar-refractivity contribution in [3.05, 3.63) is 207 Å². The molecule has 0 atom stereocenters. The van der Waals surface area contributed by atoms with E-state index in [1.165, 1.54) is 0 Å². The van der Waals surface area contributed by atoms with Gasteiger partial charge < -0.3 is 19.6 Å². The molecule has 0 radical (unpaired) electrons. The molecule has 2 aliphatic rings. The summed E-state index contributed by atoms with van der Waals surface area (Å²) in [6.07, 6.45) is 3.62. The van der Waals surface area contributed by atoms with Gasteiger partial charge in [-0.3, -0.25) is 9.97 Å². The average Bonchev–Trinajstić information content (AvgIpc) is 3.30. The van der Waals surface area contributed by atoms with Crippen LogP contribution in [0.25, 0.3) is 32.6 Å². The zero-order valence-corrected chi connectivity index (χ0v) is 31.3. The zero-order chi connectivity index (χ0) is 38.2. The summed E-state index contributed by atoms with van der Waals surface area (Å²) >= 11 is 0. The van der Waals surface area contributed by atoms with Crippen molar-refractivity contribution in [1.29, 1.82) is 0 Å². The highest BCUT2D eigenvalue weighted by molar-refractivity contribution is 6.24. The van der Waals surface area contributed by atoms with Crippen LogP contribution < -0.4 is 19.6 Å². The quantitative estimate of drug-likeness (QED) is 0.167. The Kier molecular flexibility index (Phi) is 7.13. The molecular formula is C52H34N6. The fourth-order valence-electron chi connectivity index (χ4n) is 9.09. The maximum atomic E-state index is 5.03. The number of aromatic nitrogens is 2. The number of rotatable bonds is 4. The van der Waals surface area contributed by atoms with Crippen LogP contribution in [-0.2, 0) is 0 Å². The van der Waals surface area contributed by atoms with Gasteiger partial charge in [0.1, 0.15) is 0 Å². The summed E-state index contributed by atoms with van der Waals surface area (Å²) in [5, 5.41) is 4.40. The SMILES string of the molecule is c1ccc(N2c3ccccc3N(c3ccc4c5ccc(N6c7ccccc7N(c7ccccc7)c7ccccc76)cc5c5nccnc5c4c3)c3ccccc32)cc1. The van der Waals surface area contributed by atoms with Gasteiger partial charge in [-0.25, -0.2) is 0 Å². The minimum absolute atomic E-state index is 0.878. The summed E-state index contributed by atoms with van der Waals surface area (Å²) in [4.78, 5) is 19.5. The molecule has 6 nitrogen and oxygen atoms in total. The smallest absolute Gasteiger partial charge is 0.0972 e. The summed E-state index contributed by atoms with van der Waals surface area (Å²) in [6, 6.07) is 69.4. The highest BCUT2D eigenvalue weighted by Gasteiger charge is 2.32. The Morgan fingerprint density at radius 2 is 0.517 bits per heavy atom. The van der Waals surface area contributed by atoms with Crippen molar-refractivity contribution < 1.29 is 0 Å². The predicted molar refractivity (Wildman–Crippen MR) is 240 cm³/mol. The molecule has 0 aliphatic carbocycles. The van der Waals surface area contributed by atoms with Crippen LogP contribution in [0, 0.1) is 0 Å². The molecule has 0 saturated heterocycles. The molecule has 272 valence electrons. The number of anilines is 12. The van der Waals surface area contributed by atoms with E-state index in [1.807, 2.05) is 12.4 Å². The third-order valence-electron chi connectivity index (χ3n) is 11.5. The van der Waals surface area contributed by atoms with Crippen LogP contribution in [0.1, 0.15) is 0 Å². The molecule has 12 rings (SSSR count). The van der Waals surface area contributed by atoms with Gasteiger partial charge >= 0.3 is 0 Å². The predicted octanol–water partition coefficient (Wildman–Crippen LogP) is 14.4. The van der Waals surface area contributed by atoms with Gasteiger partial charge in [-0.1, -0.05) is 97.1 Å². The number of fused-ring (bicyclic) bond motifs is 10. The lowest BCUT2D eigenvalue weighted by molar-refractivity contribution is 1.17. The molecule has 0 N–H and O–H groups in total. The van der Waals surface area contributed by atoms with Gasteiger partial charge in [-0.2, -0.15) is 0 Å². The van der Waals surface area contributed by atoms with Crippen molar-refractivity contribution in [3.8, 4) is 0 Å². The van der Waals surface area contributed by atoms with E-state index in [-0.39, 0.29) is 0 Å². The maximum absolute atomic E-state index is 5.03. The molecule has 3 heterocycles. The molecule has 9 aromatic carbocycles. The minimum Gasteiger partial charge on any atom is -0.306 e. The Bertz CT molecular complexity index is 2890. The van der Waals surface area contributed by atoms with Gasteiger partial charge in [0.25, 0.3) is 0 Å². The second-order valence-corrected chi connectivity index (χ2v) is 14.7. The Morgan fingerprint density at radius 3 is 0.828 bits per heavy atom. The van der Waals surface area contributed by atoms with Gasteiger partial charge in [0.15, 0.2) is 0 Å². The van der Waals surface area contributed by atoms with E-state index in [2.05, 4.69) is 214 Å². The summed E-state index contributed by atoms with van der Waals surface area (Å²) in [5.74, 6) is 0. The van der Waals surface area contributed by atoms with E-state index >= 15 is 0 Å². The molecule has 58 heavy (non-hydrogen) atoms. The lowest BCUT2D eigenvalue weighted by Crippen LogP contribution is -2.23. The molecule has 10 aromatic rings. The van der Waals surface area contributed by atoms with Crippen molar-refractivity contribution in [1.82, 2.24) is 9.97 Å². The van der Waals surface area contributed by atoms with E-state index in [9.17, 15) is 0 Å². The monoisotopic (exact) mass is 742 g/mol. The van der Waals surface area contributed by atoms with E-state index in [4.69, 9.17) is 9.97 Å². The third-order valence-corrected chi connectivity index (χ3v) is 11.5. The Hall–Kier alpha value is -7.96. The van der Waals surface area contributed by atoms with Crippen LogP contribution in [0.3, 0.4) is 0 Å². The molecule has 2 aliphatic heterocycles. The van der Waals surface area contributed by atoms with Crippen molar-refractivity contribution in [2.45, 2.75) is 0 Å². The summed E-state index contributed by atoms with van der Waals surface area (Å²) in [6.45, 7) is 0. The Balaban J connectivity index is 1.04. The molecule has 0 fully saturated rings. The molecule has 0 bridgehead atoms. The summed E-state index contributed by atoms with van der Waals surface area (Å²) < 4.78 is 0. The standard InChI is InChI=1S/C52H34N6/c1-3-15-35(16-4-1)55-43-19-7-11-23-47(43)57(48-24-12-8-20-44(48)55)37-27-29-39-40-30-28-38(34-42(40)52-51(41(39)33-37)53-31-32-54-52)58-49-25-13-9-21-45(49)56(36-17-5-2-6-18-36)46-22-10-14-26-50(46)58/h1-34H. The van der Waals surface area contributed by atoms with Crippen LogP contribution in [0.4, 0.5) is 68.2 Å². The maximum Gasteiger partial charge on any atom is 0.0972 e. The highest BCUT2D eigenvalue weighted by Crippen LogP contribution is 2.56.